The molecule has 1 amide bonds. The molecule has 1 aromatic rings. The molecule has 0 aliphatic heterocycles. The van der Waals surface area contributed by atoms with E-state index in [-0.39, 0.29) is 12.5 Å². The van der Waals surface area contributed by atoms with E-state index in [0.29, 0.717) is 6.54 Å². The van der Waals surface area contributed by atoms with E-state index in [1.165, 1.54) is 7.11 Å². The van der Waals surface area contributed by atoms with Gasteiger partial charge < -0.3 is 9.64 Å². The minimum Gasteiger partial charge on any atom is -0.375 e. The molecule has 5 heteroatoms. The quantitative estimate of drug-likeness (QED) is 0.684. The van der Waals surface area contributed by atoms with E-state index in [9.17, 15) is 4.79 Å². The summed E-state index contributed by atoms with van der Waals surface area (Å²) in [5, 5.41) is 4.02. The van der Waals surface area contributed by atoms with Gasteiger partial charge in [0, 0.05) is 39.5 Å². The third-order valence-corrected chi connectivity index (χ3v) is 1.87. The molecule has 5 nitrogen and oxygen atoms in total. The minimum absolute atomic E-state index is 0.0312. The van der Waals surface area contributed by atoms with Gasteiger partial charge in [-0.25, -0.2) is 0 Å². The number of likely N-dealkylation sites (N-methyl/N-ethyl adjacent to an activating group) is 1. The number of rotatable bonds is 4. The maximum absolute atomic E-state index is 11.3. The highest BCUT2D eigenvalue weighted by atomic mass is 16.5. The van der Waals surface area contributed by atoms with Crippen molar-refractivity contribution in [2.45, 2.75) is 6.54 Å². The molecule has 0 bridgehead atoms. The summed E-state index contributed by atoms with van der Waals surface area (Å²) in [6, 6.07) is 0. The van der Waals surface area contributed by atoms with E-state index in [1.807, 2.05) is 13.2 Å². The maximum atomic E-state index is 11.3. The number of methoxy groups -OCH3 is 1. The summed E-state index contributed by atoms with van der Waals surface area (Å²) in [5.41, 5.74) is 1.01. The summed E-state index contributed by atoms with van der Waals surface area (Å²) in [5.74, 6) is -0.0312. The zero-order valence-electron chi connectivity index (χ0n) is 8.73. The molecule has 0 atom stereocenters. The number of hydrogen-bond acceptors (Lipinski definition) is 3. The van der Waals surface area contributed by atoms with Crippen LogP contribution in [0.2, 0.25) is 0 Å². The minimum atomic E-state index is -0.0312. The van der Waals surface area contributed by atoms with Gasteiger partial charge in [0.25, 0.3) is 0 Å². The Bertz CT molecular complexity index is 309. The summed E-state index contributed by atoms with van der Waals surface area (Å²) in [6.45, 7) is 0.687. The third kappa shape index (κ3) is 2.85. The van der Waals surface area contributed by atoms with Crippen molar-refractivity contribution < 1.29 is 9.53 Å². The molecular weight excluding hydrogens is 182 g/mol. The summed E-state index contributed by atoms with van der Waals surface area (Å²) in [7, 11) is 5.10. The van der Waals surface area contributed by atoms with Gasteiger partial charge in [-0.3, -0.25) is 9.48 Å². The Balaban J connectivity index is 2.48. The van der Waals surface area contributed by atoms with Crippen molar-refractivity contribution in [3.8, 4) is 0 Å². The fourth-order valence-electron chi connectivity index (χ4n) is 1.15. The molecule has 0 N–H and O–H groups in total. The van der Waals surface area contributed by atoms with Gasteiger partial charge in [0.05, 0.1) is 6.20 Å². The Morgan fingerprint density at radius 2 is 2.43 bits per heavy atom. The zero-order valence-corrected chi connectivity index (χ0v) is 8.73. The Morgan fingerprint density at radius 1 is 1.71 bits per heavy atom. The van der Waals surface area contributed by atoms with Gasteiger partial charge >= 0.3 is 0 Å². The van der Waals surface area contributed by atoms with Crippen LogP contribution in [0.3, 0.4) is 0 Å². The number of ether oxygens (including phenoxy) is 1. The van der Waals surface area contributed by atoms with Crippen molar-refractivity contribution >= 4 is 5.91 Å². The number of aryl methyl sites for hydroxylation is 1. The normalized spacial score (nSPS) is 10.2. The largest absolute Gasteiger partial charge is 0.375 e. The standard InChI is InChI=1S/C9H15N3O2/c1-11(9(13)7-14-3)5-8-4-10-12(2)6-8/h4,6H,5,7H2,1-3H3. The van der Waals surface area contributed by atoms with Crippen LogP contribution in [0.15, 0.2) is 12.4 Å². The first kappa shape index (κ1) is 10.7. The number of carbonyl (C=O) groups is 1. The number of amides is 1. The van der Waals surface area contributed by atoms with Crippen LogP contribution in [0.1, 0.15) is 5.56 Å². The highest BCUT2D eigenvalue weighted by Gasteiger charge is 2.08. The topological polar surface area (TPSA) is 47.4 Å². The van der Waals surface area contributed by atoms with Crippen molar-refractivity contribution in [3.63, 3.8) is 0 Å². The van der Waals surface area contributed by atoms with Crippen LogP contribution < -0.4 is 0 Å². The molecule has 1 heterocycles. The highest BCUT2D eigenvalue weighted by Crippen LogP contribution is 2.01. The van der Waals surface area contributed by atoms with Crippen molar-refractivity contribution in [2.75, 3.05) is 20.8 Å². The van der Waals surface area contributed by atoms with Gasteiger partial charge in [0.2, 0.25) is 5.91 Å². The molecule has 0 saturated carbocycles. The van der Waals surface area contributed by atoms with Gasteiger partial charge in [-0.05, 0) is 0 Å². The van der Waals surface area contributed by atoms with E-state index >= 15 is 0 Å². The molecule has 0 aliphatic carbocycles. The second-order valence-electron chi connectivity index (χ2n) is 3.21. The SMILES string of the molecule is COCC(=O)N(C)Cc1cnn(C)c1. The Labute approximate surface area is 83.3 Å². The van der Waals surface area contributed by atoms with Crippen LogP contribution in [0, 0.1) is 0 Å². The summed E-state index contributed by atoms with van der Waals surface area (Å²) < 4.78 is 6.47. The molecule has 14 heavy (non-hydrogen) atoms. The molecule has 0 aliphatic rings. The molecule has 0 aromatic carbocycles. The average molecular weight is 197 g/mol. The van der Waals surface area contributed by atoms with Crippen LogP contribution in [-0.2, 0) is 23.1 Å². The number of nitrogens with zero attached hydrogens (tertiary/aromatic N) is 3. The number of aromatic nitrogens is 2. The van der Waals surface area contributed by atoms with Gasteiger partial charge in [-0.2, -0.15) is 5.10 Å². The van der Waals surface area contributed by atoms with Gasteiger partial charge in [0.15, 0.2) is 0 Å². The Hall–Kier alpha value is -1.36. The predicted molar refractivity (Wildman–Crippen MR) is 51.6 cm³/mol. The van der Waals surface area contributed by atoms with Crippen LogP contribution in [0.4, 0.5) is 0 Å². The molecule has 0 spiro atoms. The third-order valence-electron chi connectivity index (χ3n) is 1.87. The van der Waals surface area contributed by atoms with Gasteiger partial charge in [0.1, 0.15) is 6.61 Å². The highest BCUT2D eigenvalue weighted by molar-refractivity contribution is 5.77. The Kier molecular flexibility index (Phi) is 3.64. The predicted octanol–water partition coefficient (Wildman–Crippen LogP) is 0.0249. The Morgan fingerprint density at radius 3 is 2.93 bits per heavy atom. The van der Waals surface area contributed by atoms with Crippen molar-refractivity contribution in [2.24, 2.45) is 7.05 Å². The first-order valence-electron chi connectivity index (χ1n) is 4.34. The lowest BCUT2D eigenvalue weighted by molar-refractivity contribution is -0.134. The van der Waals surface area contributed by atoms with Crippen LogP contribution >= 0.6 is 0 Å². The number of carbonyl (C=O) groups excluding carboxylic acids is 1. The van der Waals surface area contributed by atoms with Crippen molar-refractivity contribution in [3.05, 3.63) is 18.0 Å². The van der Waals surface area contributed by atoms with Crippen LogP contribution in [-0.4, -0.2) is 41.4 Å². The van der Waals surface area contributed by atoms with Gasteiger partial charge in [-0.15, -0.1) is 0 Å². The number of hydrogen-bond donors (Lipinski definition) is 0. The zero-order chi connectivity index (χ0) is 10.6. The molecular formula is C9H15N3O2. The second-order valence-corrected chi connectivity index (χ2v) is 3.21. The summed E-state index contributed by atoms with van der Waals surface area (Å²) in [4.78, 5) is 12.9. The van der Waals surface area contributed by atoms with E-state index in [1.54, 1.807) is 22.8 Å². The summed E-state index contributed by atoms with van der Waals surface area (Å²) in [6.07, 6.45) is 3.63. The summed E-state index contributed by atoms with van der Waals surface area (Å²) >= 11 is 0. The molecule has 78 valence electrons. The molecule has 1 rings (SSSR count). The van der Waals surface area contributed by atoms with Crippen LogP contribution in [0.25, 0.3) is 0 Å². The van der Waals surface area contributed by atoms with Crippen LogP contribution in [0.5, 0.6) is 0 Å². The van der Waals surface area contributed by atoms with E-state index in [4.69, 9.17) is 4.74 Å². The average Bonchev–Trinajstić information content (AvgIpc) is 2.51. The second kappa shape index (κ2) is 4.76. The van der Waals surface area contributed by atoms with Crippen molar-refractivity contribution in [1.29, 1.82) is 0 Å². The monoisotopic (exact) mass is 197 g/mol. The smallest absolute Gasteiger partial charge is 0.248 e. The molecule has 0 unspecified atom stereocenters. The lowest BCUT2D eigenvalue weighted by Gasteiger charge is -2.15. The molecule has 0 radical (unpaired) electrons. The lowest BCUT2D eigenvalue weighted by Crippen LogP contribution is -2.29. The molecule has 1 aromatic heterocycles. The molecule has 0 fully saturated rings. The van der Waals surface area contributed by atoms with E-state index in [2.05, 4.69) is 5.10 Å². The maximum Gasteiger partial charge on any atom is 0.248 e. The first-order valence-corrected chi connectivity index (χ1v) is 4.34. The van der Waals surface area contributed by atoms with Gasteiger partial charge in [-0.1, -0.05) is 0 Å². The molecule has 0 saturated heterocycles. The van der Waals surface area contributed by atoms with Crippen molar-refractivity contribution in [1.82, 2.24) is 14.7 Å². The lowest BCUT2D eigenvalue weighted by atomic mass is 10.3. The fourth-order valence-corrected chi connectivity index (χ4v) is 1.15. The van der Waals surface area contributed by atoms with E-state index < -0.39 is 0 Å². The van der Waals surface area contributed by atoms with E-state index in [0.717, 1.165) is 5.56 Å². The fraction of sp³-hybridized carbons (Fsp3) is 0.556. The first-order chi connectivity index (χ1) is 6.63.